The van der Waals surface area contributed by atoms with Gasteiger partial charge in [0.05, 0.1) is 0 Å². The van der Waals surface area contributed by atoms with Crippen LogP contribution >= 0.6 is 0 Å². The zero-order valence-corrected chi connectivity index (χ0v) is 14.2. The molecule has 0 aliphatic carbocycles. The molecule has 0 aliphatic rings. The van der Waals surface area contributed by atoms with Gasteiger partial charge in [0.25, 0.3) is 0 Å². The summed E-state index contributed by atoms with van der Waals surface area (Å²) in [5, 5.41) is 0. The molecule has 0 spiro atoms. The molecule has 0 aromatic heterocycles. The van der Waals surface area contributed by atoms with Crippen LogP contribution in [0.15, 0.2) is 98.7 Å². The molecule has 0 atom stereocenters. The maximum absolute atomic E-state index is 3.82. The van der Waals surface area contributed by atoms with Gasteiger partial charge in [0, 0.05) is 0 Å². The van der Waals surface area contributed by atoms with E-state index in [4.69, 9.17) is 0 Å². The first-order valence-electron chi connectivity index (χ1n) is 7.36. The Morgan fingerprint density at radius 2 is 1.50 bits per heavy atom. The fourth-order valence-electron chi connectivity index (χ4n) is 1.24. The van der Waals surface area contributed by atoms with Crippen LogP contribution in [0.3, 0.4) is 0 Å². The Balaban J connectivity index is 0. The lowest BCUT2D eigenvalue weighted by Crippen LogP contribution is -1.74. The number of hydrogen-bond donors (Lipinski definition) is 0. The summed E-state index contributed by atoms with van der Waals surface area (Å²) in [6.45, 7) is 22.0. The molecule has 0 bridgehead atoms. The van der Waals surface area contributed by atoms with Crippen LogP contribution in [0.5, 0.6) is 0 Å². The minimum absolute atomic E-state index is 1.04. The zero-order valence-electron chi connectivity index (χ0n) is 14.2. The summed E-state index contributed by atoms with van der Waals surface area (Å²) in [7, 11) is 0. The van der Waals surface area contributed by atoms with Crippen molar-refractivity contribution in [1.82, 2.24) is 0 Å². The van der Waals surface area contributed by atoms with Crippen LogP contribution in [0.1, 0.15) is 32.3 Å². The number of benzene rings is 1. The Bertz CT molecular complexity index is 462. The second-order valence-electron chi connectivity index (χ2n) is 4.77. The van der Waals surface area contributed by atoms with Gasteiger partial charge >= 0.3 is 0 Å². The first kappa shape index (κ1) is 21.9. The summed E-state index contributed by atoms with van der Waals surface area (Å²) in [6.07, 6.45) is 11.3. The van der Waals surface area contributed by atoms with E-state index in [1.807, 2.05) is 42.5 Å². The van der Waals surface area contributed by atoms with Crippen LogP contribution in [0, 0.1) is 0 Å². The molecule has 0 unspecified atom stereocenters. The summed E-state index contributed by atoms with van der Waals surface area (Å²) in [5.41, 5.74) is 3.67. The van der Waals surface area contributed by atoms with Gasteiger partial charge in [-0.25, -0.2) is 0 Å². The monoisotopic (exact) mass is 294 g/mol. The summed E-state index contributed by atoms with van der Waals surface area (Å²) >= 11 is 0. The Morgan fingerprint density at radius 3 is 1.82 bits per heavy atom. The second-order valence-corrected chi connectivity index (χ2v) is 4.77. The van der Waals surface area contributed by atoms with E-state index in [0.29, 0.717) is 0 Å². The smallest absolute Gasteiger partial charge is 0.0250 e. The summed E-state index contributed by atoms with van der Waals surface area (Å²) in [4.78, 5) is 0. The molecule has 1 aromatic carbocycles. The van der Waals surface area contributed by atoms with Crippen molar-refractivity contribution in [2.24, 2.45) is 0 Å². The summed E-state index contributed by atoms with van der Waals surface area (Å²) in [6, 6.07) is 10.0. The van der Waals surface area contributed by atoms with Crippen molar-refractivity contribution in [3.05, 3.63) is 104 Å². The molecule has 0 saturated heterocycles. The van der Waals surface area contributed by atoms with Gasteiger partial charge in [0.2, 0.25) is 0 Å². The van der Waals surface area contributed by atoms with Crippen LogP contribution in [-0.4, -0.2) is 0 Å². The summed E-state index contributed by atoms with van der Waals surface area (Å²) in [5.74, 6) is 0. The van der Waals surface area contributed by atoms with E-state index in [1.54, 1.807) is 12.2 Å². The Kier molecular flexibility index (Phi) is 16.7. The lowest BCUT2D eigenvalue weighted by Gasteiger charge is -1.94. The van der Waals surface area contributed by atoms with E-state index in [0.717, 1.165) is 18.4 Å². The van der Waals surface area contributed by atoms with E-state index < -0.39 is 0 Å². The quantitative estimate of drug-likeness (QED) is 0.385. The molecule has 1 rings (SSSR count). The van der Waals surface area contributed by atoms with Gasteiger partial charge in [0.1, 0.15) is 0 Å². The van der Waals surface area contributed by atoms with Crippen LogP contribution in [0.25, 0.3) is 6.08 Å². The van der Waals surface area contributed by atoms with Crippen molar-refractivity contribution in [3.63, 3.8) is 0 Å². The Labute approximate surface area is 137 Å². The molecule has 1 aromatic rings. The van der Waals surface area contributed by atoms with Crippen molar-refractivity contribution in [2.45, 2.75) is 26.7 Å². The van der Waals surface area contributed by atoms with Gasteiger partial charge < -0.3 is 0 Å². The molecule has 118 valence electrons. The van der Waals surface area contributed by atoms with E-state index in [9.17, 15) is 0 Å². The Morgan fingerprint density at radius 1 is 0.955 bits per heavy atom. The largest absolute Gasteiger partial charge is 0.0991 e. The maximum atomic E-state index is 3.82. The lowest BCUT2D eigenvalue weighted by molar-refractivity contribution is 0.999. The van der Waals surface area contributed by atoms with Crippen LogP contribution in [0.2, 0.25) is 0 Å². The fourth-order valence-corrected chi connectivity index (χ4v) is 1.24. The molecular formula is C22H30. The molecule has 0 saturated carbocycles. The number of hydrogen-bond acceptors (Lipinski definition) is 0. The van der Waals surface area contributed by atoms with Gasteiger partial charge in [-0.1, -0.05) is 105 Å². The van der Waals surface area contributed by atoms with Crippen LogP contribution in [-0.2, 0) is 0 Å². The van der Waals surface area contributed by atoms with Crippen molar-refractivity contribution < 1.29 is 0 Å². The minimum Gasteiger partial charge on any atom is -0.0991 e. The first-order chi connectivity index (χ1) is 10.5. The molecule has 22 heavy (non-hydrogen) atoms. The van der Waals surface area contributed by atoms with Gasteiger partial charge in [-0.2, -0.15) is 0 Å². The predicted octanol–water partition coefficient (Wildman–Crippen LogP) is 7.16. The predicted molar refractivity (Wildman–Crippen MR) is 105 cm³/mol. The van der Waals surface area contributed by atoms with Gasteiger partial charge in [-0.05, 0) is 32.3 Å². The van der Waals surface area contributed by atoms with Gasteiger partial charge in [-0.3, -0.25) is 0 Å². The minimum atomic E-state index is 1.04. The van der Waals surface area contributed by atoms with E-state index >= 15 is 0 Å². The lowest BCUT2D eigenvalue weighted by atomic mass is 10.1. The van der Waals surface area contributed by atoms with E-state index in [-0.39, 0.29) is 0 Å². The van der Waals surface area contributed by atoms with Crippen LogP contribution < -0.4 is 0 Å². The number of rotatable bonds is 6. The fraction of sp³-hybridized carbons (Fsp3) is 0.182. The highest BCUT2D eigenvalue weighted by atomic mass is 13.9. The van der Waals surface area contributed by atoms with Gasteiger partial charge in [-0.15, -0.1) is 0 Å². The third-order valence-corrected chi connectivity index (χ3v) is 2.51. The molecule has 0 fully saturated rings. The SMILES string of the molecule is C=CC(=C)CCC=C(C)C.C=CC=C.C=Cc1ccccc1. The molecule has 0 radical (unpaired) electrons. The highest BCUT2D eigenvalue weighted by Crippen LogP contribution is 2.05. The molecule has 0 N–H and O–H groups in total. The topological polar surface area (TPSA) is 0 Å². The van der Waals surface area contributed by atoms with E-state index in [1.165, 1.54) is 11.1 Å². The van der Waals surface area contributed by atoms with Crippen molar-refractivity contribution in [2.75, 3.05) is 0 Å². The molecule has 0 amide bonds. The van der Waals surface area contributed by atoms with Crippen molar-refractivity contribution >= 4 is 6.08 Å². The third-order valence-electron chi connectivity index (χ3n) is 2.51. The highest BCUT2D eigenvalue weighted by molar-refractivity contribution is 5.45. The van der Waals surface area contributed by atoms with Gasteiger partial charge in [0.15, 0.2) is 0 Å². The second kappa shape index (κ2) is 16.7. The average Bonchev–Trinajstić information content (AvgIpc) is 2.55. The standard InChI is InChI=1S/C10H16.C8H8.C4H6/c1-5-10(4)8-6-7-9(2)3;1-2-8-6-4-3-5-7-8;1-3-4-2/h5,7H,1,4,6,8H2,2-3H3;2-7H,1H2;3-4H,1-2H2. The first-order valence-corrected chi connectivity index (χ1v) is 7.36. The Hall–Kier alpha value is -2.34. The normalized spacial score (nSPS) is 7.91. The maximum Gasteiger partial charge on any atom is -0.0250 e. The zero-order chi connectivity index (χ0) is 17.2. The highest BCUT2D eigenvalue weighted by Gasteiger charge is 1.84. The molecule has 0 aliphatic heterocycles. The molecule has 0 nitrogen and oxygen atoms in total. The summed E-state index contributed by atoms with van der Waals surface area (Å²) < 4.78 is 0. The number of allylic oxidation sites excluding steroid dienone is 6. The van der Waals surface area contributed by atoms with E-state index in [2.05, 4.69) is 52.8 Å². The molecular weight excluding hydrogens is 264 g/mol. The molecule has 0 heterocycles. The molecule has 0 heteroatoms. The average molecular weight is 294 g/mol. The van der Waals surface area contributed by atoms with Crippen molar-refractivity contribution in [3.8, 4) is 0 Å². The third kappa shape index (κ3) is 17.7. The van der Waals surface area contributed by atoms with Crippen LogP contribution in [0.4, 0.5) is 0 Å². The van der Waals surface area contributed by atoms with Crippen molar-refractivity contribution in [1.29, 1.82) is 0 Å².